The van der Waals surface area contributed by atoms with Crippen molar-refractivity contribution in [3.63, 3.8) is 0 Å². The molecule has 6 heteroatoms. The van der Waals surface area contributed by atoms with E-state index in [0.717, 1.165) is 9.21 Å². The maximum absolute atomic E-state index is 10.7. The molecule has 14 heavy (non-hydrogen) atoms. The van der Waals surface area contributed by atoms with Crippen molar-refractivity contribution in [3.8, 4) is 0 Å². The zero-order valence-corrected chi connectivity index (χ0v) is 9.46. The fraction of sp³-hybridized carbons (Fsp3) is 0.375. The van der Waals surface area contributed by atoms with Gasteiger partial charge in [0.15, 0.2) is 0 Å². The van der Waals surface area contributed by atoms with Crippen molar-refractivity contribution in [2.24, 2.45) is 0 Å². The number of hydrogen-bond donors (Lipinski definition) is 2. The molecule has 1 aliphatic rings. The zero-order chi connectivity index (χ0) is 10.1. The van der Waals surface area contributed by atoms with Gasteiger partial charge in [0.1, 0.15) is 6.04 Å². The fourth-order valence-electron chi connectivity index (χ4n) is 1.25. The number of thiophene rings is 1. The first-order valence-electron chi connectivity index (χ1n) is 4.02. The number of thioether (sulfide) groups is 1. The Morgan fingerprint density at radius 3 is 2.93 bits per heavy atom. The standard InChI is InChI=1S/C8H8ClNO2S2/c9-6-2-1-5(14-6)7-10-4(3-13-7)8(11)12/h1-2,4,7,10H,3H2,(H,11,12)/t4-,7?/m0/s1. The zero-order valence-electron chi connectivity index (χ0n) is 7.07. The van der Waals surface area contributed by atoms with Gasteiger partial charge in [0.05, 0.1) is 9.71 Å². The molecule has 1 unspecified atom stereocenters. The predicted molar refractivity (Wildman–Crippen MR) is 59.1 cm³/mol. The van der Waals surface area contributed by atoms with Crippen molar-refractivity contribution in [1.29, 1.82) is 0 Å². The second-order valence-corrected chi connectivity index (χ2v) is 5.80. The van der Waals surface area contributed by atoms with Crippen molar-refractivity contribution in [2.75, 3.05) is 5.75 Å². The van der Waals surface area contributed by atoms with Gasteiger partial charge in [-0.05, 0) is 12.1 Å². The van der Waals surface area contributed by atoms with E-state index in [9.17, 15) is 4.79 Å². The number of carboxylic acids is 1. The molecule has 2 atom stereocenters. The van der Waals surface area contributed by atoms with E-state index in [-0.39, 0.29) is 5.37 Å². The molecule has 0 spiro atoms. The predicted octanol–water partition coefficient (Wildman–Crippen LogP) is 2.19. The van der Waals surface area contributed by atoms with E-state index in [1.165, 1.54) is 11.3 Å². The maximum atomic E-state index is 10.7. The Bertz CT molecular complexity index is 355. The van der Waals surface area contributed by atoms with E-state index in [2.05, 4.69) is 5.32 Å². The minimum atomic E-state index is -0.789. The summed E-state index contributed by atoms with van der Waals surface area (Å²) in [6, 6.07) is 3.32. The van der Waals surface area contributed by atoms with E-state index in [4.69, 9.17) is 16.7 Å². The quantitative estimate of drug-likeness (QED) is 0.844. The normalized spacial score (nSPS) is 26.6. The molecule has 2 heterocycles. The van der Waals surface area contributed by atoms with Gasteiger partial charge < -0.3 is 5.11 Å². The van der Waals surface area contributed by atoms with Crippen LogP contribution in [0.5, 0.6) is 0 Å². The first-order valence-corrected chi connectivity index (χ1v) is 6.27. The lowest BCUT2D eigenvalue weighted by Crippen LogP contribution is -2.33. The van der Waals surface area contributed by atoms with Gasteiger partial charge in [-0.1, -0.05) is 11.6 Å². The van der Waals surface area contributed by atoms with Crippen LogP contribution in [0.4, 0.5) is 0 Å². The highest BCUT2D eigenvalue weighted by Gasteiger charge is 2.30. The largest absolute Gasteiger partial charge is 0.480 e. The molecule has 1 saturated heterocycles. The first kappa shape index (κ1) is 10.3. The number of carboxylic acid groups (broad SMARTS) is 1. The highest BCUT2D eigenvalue weighted by Crippen LogP contribution is 2.37. The van der Waals surface area contributed by atoms with E-state index < -0.39 is 12.0 Å². The van der Waals surface area contributed by atoms with Crippen molar-refractivity contribution >= 4 is 40.7 Å². The van der Waals surface area contributed by atoms with Crippen LogP contribution in [0.25, 0.3) is 0 Å². The molecular weight excluding hydrogens is 242 g/mol. The molecule has 1 aromatic rings. The number of hydrogen-bond acceptors (Lipinski definition) is 4. The van der Waals surface area contributed by atoms with Gasteiger partial charge >= 0.3 is 5.97 Å². The second kappa shape index (κ2) is 4.10. The van der Waals surface area contributed by atoms with E-state index in [1.807, 2.05) is 12.1 Å². The summed E-state index contributed by atoms with van der Waals surface area (Å²) in [6.07, 6.45) is 0. The molecule has 0 aromatic carbocycles. The molecule has 1 aromatic heterocycles. The Hall–Kier alpha value is -0.230. The average molecular weight is 250 g/mol. The van der Waals surface area contributed by atoms with Gasteiger partial charge in [-0.2, -0.15) is 0 Å². The van der Waals surface area contributed by atoms with E-state index in [1.54, 1.807) is 11.8 Å². The van der Waals surface area contributed by atoms with E-state index >= 15 is 0 Å². The van der Waals surface area contributed by atoms with Gasteiger partial charge in [0, 0.05) is 10.6 Å². The third kappa shape index (κ3) is 2.06. The maximum Gasteiger partial charge on any atom is 0.321 e. The number of aliphatic carboxylic acids is 1. The van der Waals surface area contributed by atoms with Gasteiger partial charge in [-0.25, -0.2) is 0 Å². The molecule has 0 radical (unpaired) electrons. The summed E-state index contributed by atoms with van der Waals surface area (Å²) in [5.74, 6) is -0.183. The summed E-state index contributed by atoms with van der Waals surface area (Å²) in [5, 5.41) is 11.9. The number of halogens is 1. The number of rotatable bonds is 2. The minimum Gasteiger partial charge on any atom is -0.480 e. The minimum absolute atomic E-state index is 0.0774. The van der Waals surface area contributed by atoms with Crippen molar-refractivity contribution in [3.05, 3.63) is 21.3 Å². The van der Waals surface area contributed by atoms with Crippen LogP contribution >= 0.6 is 34.7 Å². The molecule has 1 fully saturated rings. The fourth-order valence-corrected chi connectivity index (χ4v) is 3.73. The SMILES string of the molecule is O=C(O)[C@@H]1CSC(c2ccc(Cl)s2)N1. The van der Waals surface area contributed by atoms with Crippen LogP contribution in [0.2, 0.25) is 4.34 Å². The smallest absolute Gasteiger partial charge is 0.321 e. The number of nitrogens with one attached hydrogen (secondary N) is 1. The van der Waals surface area contributed by atoms with Crippen LogP contribution in [0.3, 0.4) is 0 Å². The Kier molecular flexibility index (Phi) is 3.02. The molecule has 2 rings (SSSR count). The first-order chi connectivity index (χ1) is 6.66. The summed E-state index contributed by atoms with van der Waals surface area (Å²) < 4.78 is 0.737. The third-order valence-electron chi connectivity index (χ3n) is 1.93. The van der Waals surface area contributed by atoms with Crippen LogP contribution in [0.15, 0.2) is 12.1 Å². The highest BCUT2D eigenvalue weighted by molar-refractivity contribution is 7.99. The van der Waals surface area contributed by atoms with Crippen LogP contribution in [0.1, 0.15) is 10.3 Å². The van der Waals surface area contributed by atoms with Crippen LogP contribution in [-0.2, 0) is 4.79 Å². The third-order valence-corrected chi connectivity index (χ3v) is 4.63. The summed E-state index contributed by atoms with van der Waals surface area (Å²) in [7, 11) is 0. The summed E-state index contributed by atoms with van der Waals surface area (Å²) >= 11 is 8.90. The summed E-state index contributed by atoms with van der Waals surface area (Å²) in [5.41, 5.74) is 0. The topological polar surface area (TPSA) is 49.3 Å². The summed E-state index contributed by atoms with van der Waals surface area (Å²) in [4.78, 5) is 11.8. The lowest BCUT2D eigenvalue weighted by Gasteiger charge is -2.07. The lowest BCUT2D eigenvalue weighted by molar-refractivity contribution is -0.138. The lowest BCUT2D eigenvalue weighted by atomic mass is 10.3. The van der Waals surface area contributed by atoms with Crippen molar-refractivity contribution in [1.82, 2.24) is 5.32 Å². The molecule has 0 amide bonds. The van der Waals surface area contributed by atoms with Gasteiger partial charge in [-0.15, -0.1) is 23.1 Å². The second-order valence-electron chi connectivity index (χ2n) is 2.91. The molecule has 76 valence electrons. The highest BCUT2D eigenvalue weighted by atomic mass is 35.5. The Labute approximate surface area is 94.5 Å². The van der Waals surface area contributed by atoms with Crippen LogP contribution < -0.4 is 5.32 Å². The molecule has 0 saturated carbocycles. The number of carbonyl (C=O) groups is 1. The molecule has 0 aliphatic carbocycles. The monoisotopic (exact) mass is 249 g/mol. The van der Waals surface area contributed by atoms with Gasteiger partial charge in [0.2, 0.25) is 0 Å². The Morgan fingerprint density at radius 1 is 1.64 bits per heavy atom. The molecule has 1 aliphatic heterocycles. The Balaban J connectivity index is 2.05. The van der Waals surface area contributed by atoms with Crippen molar-refractivity contribution in [2.45, 2.75) is 11.4 Å². The van der Waals surface area contributed by atoms with E-state index in [0.29, 0.717) is 5.75 Å². The van der Waals surface area contributed by atoms with Crippen molar-refractivity contribution < 1.29 is 9.90 Å². The molecule has 3 nitrogen and oxygen atoms in total. The van der Waals surface area contributed by atoms with Crippen LogP contribution in [-0.4, -0.2) is 22.9 Å². The van der Waals surface area contributed by atoms with Gasteiger partial charge in [0.25, 0.3) is 0 Å². The van der Waals surface area contributed by atoms with Crippen LogP contribution in [0, 0.1) is 0 Å². The average Bonchev–Trinajstić information content (AvgIpc) is 2.70. The molecule has 2 N–H and O–H groups in total. The molecular formula is C8H8ClNO2S2. The Morgan fingerprint density at radius 2 is 2.43 bits per heavy atom. The summed E-state index contributed by atoms with van der Waals surface area (Å²) in [6.45, 7) is 0. The van der Waals surface area contributed by atoms with Gasteiger partial charge in [-0.3, -0.25) is 10.1 Å². The molecule has 0 bridgehead atoms.